The molecule has 0 saturated carbocycles. The van der Waals surface area contributed by atoms with Crippen molar-refractivity contribution in [1.29, 1.82) is 0 Å². The van der Waals surface area contributed by atoms with Crippen molar-refractivity contribution >= 4 is 50.9 Å². The zero-order chi connectivity index (χ0) is 28.8. The van der Waals surface area contributed by atoms with Gasteiger partial charge in [0.25, 0.3) is 5.91 Å². The van der Waals surface area contributed by atoms with Crippen LogP contribution in [0.25, 0.3) is 0 Å². The predicted molar refractivity (Wildman–Crippen MR) is 165 cm³/mol. The molecule has 0 radical (unpaired) electrons. The second kappa shape index (κ2) is 13.6. The van der Waals surface area contributed by atoms with Crippen molar-refractivity contribution in [3.63, 3.8) is 0 Å². The van der Waals surface area contributed by atoms with E-state index in [0.29, 0.717) is 45.8 Å². The van der Waals surface area contributed by atoms with Crippen LogP contribution in [0.3, 0.4) is 0 Å². The largest absolute Gasteiger partial charge is 0.494 e. The van der Waals surface area contributed by atoms with Gasteiger partial charge in [0, 0.05) is 58.2 Å². The number of nitrogens with zero attached hydrogens (tertiary/aromatic N) is 2. The Morgan fingerprint density at radius 3 is 2.49 bits per heavy atom. The van der Waals surface area contributed by atoms with Crippen molar-refractivity contribution in [2.45, 2.75) is 43.7 Å². The topological polar surface area (TPSA) is 83.4 Å². The number of hydrogen-bond acceptors (Lipinski definition) is 6. The van der Waals surface area contributed by atoms with Gasteiger partial charge in [0.05, 0.1) is 6.61 Å². The second-order valence-corrected chi connectivity index (χ2v) is 12.0. The van der Waals surface area contributed by atoms with Crippen LogP contribution in [0, 0.1) is 0 Å². The minimum absolute atomic E-state index is 0.0668. The lowest BCUT2D eigenvalue weighted by molar-refractivity contribution is -0.134. The second-order valence-electron chi connectivity index (χ2n) is 10.2. The Morgan fingerprint density at radius 2 is 1.80 bits per heavy atom. The van der Waals surface area contributed by atoms with E-state index in [-0.39, 0.29) is 18.9 Å². The monoisotopic (exact) mass is 659 g/mol. The lowest BCUT2D eigenvalue weighted by atomic mass is 9.82. The smallest absolute Gasteiger partial charge is 0.266 e. The van der Waals surface area contributed by atoms with Crippen LogP contribution in [-0.4, -0.2) is 53.8 Å². The Balaban J connectivity index is 1.57. The van der Waals surface area contributed by atoms with Crippen LogP contribution in [0.5, 0.6) is 5.75 Å². The van der Waals surface area contributed by atoms with Crippen molar-refractivity contribution in [3.8, 4) is 5.75 Å². The first-order valence-corrected chi connectivity index (χ1v) is 15.3. The molecule has 0 aromatic heterocycles. The Bertz CT molecular complexity index is 1380. The molecule has 2 atom stereocenters. The van der Waals surface area contributed by atoms with Gasteiger partial charge in [0.15, 0.2) is 11.6 Å². The van der Waals surface area contributed by atoms with Crippen LogP contribution in [0.15, 0.2) is 76.2 Å². The SMILES string of the molecule is O=C(NN1CCCCC1)[C@@]1(Cc2ccc(Br)cc2)N=C(c2ccc(OCCCO)cc2)O[C@H]1c1ccc(Cl)cc1Cl. The number of piperidine rings is 1. The number of nitrogens with one attached hydrogen (secondary N) is 1. The van der Waals surface area contributed by atoms with E-state index in [4.69, 9.17) is 42.8 Å². The molecular weight excluding hydrogens is 629 g/mol. The molecule has 0 aliphatic carbocycles. The summed E-state index contributed by atoms with van der Waals surface area (Å²) in [5.74, 6) is 0.758. The highest BCUT2D eigenvalue weighted by Crippen LogP contribution is 2.45. The minimum Gasteiger partial charge on any atom is -0.494 e. The number of benzene rings is 3. The summed E-state index contributed by atoms with van der Waals surface area (Å²) in [6.45, 7) is 2.04. The van der Waals surface area contributed by atoms with Gasteiger partial charge in [-0.05, 0) is 66.9 Å². The summed E-state index contributed by atoms with van der Waals surface area (Å²) < 4.78 is 13.2. The van der Waals surface area contributed by atoms with E-state index in [1.54, 1.807) is 18.2 Å². The Morgan fingerprint density at radius 1 is 1.07 bits per heavy atom. The molecule has 1 fully saturated rings. The third kappa shape index (κ3) is 7.07. The van der Waals surface area contributed by atoms with Crippen LogP contribution in [0.2, 0.25) is 10.0 Å². The van der Waals surface area contributed by atoms with E-state index >= 15 is 0 Å². The Hall–Kier alpha value is -2.62. The molecule has 0 spiro atoms. The van der Waals surface area contributed by atoms with E-state index in [0.717, 1.165) is 42.4 Å². The molecular formula is C31H32BrCl2N3O4. The molecule has 5 rings (SSSR count). The number of aliphatic hydroxyl groups excluding tert-OH is 1. The number of rotatable bonds is 10. The van der Waals surface area contributed by atoms with Crippen molar-refractivity contribution in [3.05, 3.63) is 97.9 Å². The van der Waals surface area contributed by atoms with E-state index in [1.807, 2.05) is 53.5 Å². The maximum absolute atomic E-state index is 14.4. The average molecular weight is 661 g/mol. The van der Waals surface area contributed by atoms with Gasteiger partial charge in [-0.1, -0.05) is 63.8 Å². The summed E-state index contributed by atoms with van der Waals surface area (Å²) in [4.78, 5) is 19.5. The van der Waals surface area contributed by atoms with Crippen LogP contribution in [0.4, 0.5) is 0 Å². The number of carbonyl (C=O) groups excluding carboxylic acids is 1. The van der Waals surface area contributed by atoms with Crippen molar-refractivity contribution < 1.29 is 19.4 Å². The van der Waals surface area contributed by atoms with Gasteiger partial charge in [-0.3, -0.25) is 10.2 Å². The van der Waals surface area contributed by atoms with Gasteiger partial charge in [-0.15, -0.1) is 0 Å². The van der Waals surface area contributed by atoms with Gasteiger partial charge >= 0.3 is 0 Å². The quantitative estimate of drug-likeness (QED) is 0.242. The van der Waals surface area contributed by atoms with Crippen LogP contribution >= 0.6 is 39.1 Å². The van der Waals surface area contributed by atoms with Gasteiger partial charge in [0.2, 0.25) is 5.90 Å². The Kier molecular flexibility index (Phi) is 9.88. The first kappa shape index (κ1) is 29.9. The highest BCUT2D eigenvalue weighted by Gasteiger charge is 2.54. The van der Waals surface area contributed by atoms with Crippen molar-refractivity contribution in [1.82, 2.24) is 10.4 Å². The zero-order valence-electron chi connectivity index (χ0n) is 22.5. The van der Waals surface area contributed by atoms with Crippen molar-refractivity contribution in [2.24, 2.45) is 4.99 Å². The minimum atomic E-state index is -1.35. The third-order valence-corrected chi connectivity index (χ3v) is 8.37. The molecule has 10 heteroatoms. The first-order valence-electron chi connectivity index (χ1n) is 13.7. The molecule has 2 aliphatic heterocycles. The van der Waals surface area contributed by atoms with E-state index in [1.165, 1.54) is 0 Å². The number of carbonyl (C=O) groups is 1. The molecule has 2 heterocycles. The molecule has 1 saturated heterocycles. The summed E-state index contributed by atoms with van der Waals surface area (Å²) in [5.41, 5.74) is 4.07. The molecule has 216 valence electrons. The number of hydrazine groups is 1. The number of halogens is 3. The summed E-state index contributed by atoms with van der Waals surface area (Å²) in [6, 6.07) is 20.4. The van der Waals surface area contributed by atoms with E-state index in [9.17, 15) is 4.79 Å². The molecule has 1 amide bonds. The third-order valence-electron chi connectivity index (χ3n) is 7.28. The van der Waals surface area contributed by atoms with Gasteiger partial charge in [0.1, 0.15) is 5.75 Å². The van der Waals surface area contributed by atoms with Crippen molar-refractivity contribution in [2.75, 3.05) is 26.3 Å². The zero-order valence-corrected chi connectivity index (χ0v) is 25.6. The van der Waals surface area contributed by atoms with Crippen LogP contribution < -0.4 is 10.2 Å². The number of aliphatic hydroxyl groups is 1. The standard InChI is InChI=1S/C31H32BrCl2N3O4/c32-23-9-5-21(6-10-23)20-31(30(39)36-37-15-2-1-3-16-37)28(26-14-11-24(33)19-27(26)34)41-29(35-31)22-7-12-25(13-8-22)40-18-4-17-38/h5-14,19,28,38H,1-4,15-18,20H2,(H,36,39)/t28-,31-/m0/s1. The number of aliphatic imine (C=N–C) groups is 1. The van der Waals surface area contributed by atoms with E-state index in [2.05, 4.69) is 21.4 Å². The van der Waals surface area contributed by atoms with Gasteiger partial charge in [-0.2, -0.15) is 0 Å². The maximum atomic E-state index is 14.4. The van der Waals surface area contributed by atoms with E-state index < -0.39 is 11.6 Å². The molecule has 0 unspecified atom stereocenters. The summed E-state index contributed by atoms with van der Waals surface area (Å²) in [7, 11) is 0. The first-order chi connectivity index (χ1) is 19.9. The highest BCUT2D eigenvalue weighted by atomic mass is 79.9. The number of ether oxygens (including phenoxy) is 2. The normalized spacial score (nSPS) is 20.8. The van der Waals surface area contributed by atoms with Gasteiger partial charge in [-0.25, -0.2) is 10.0 Å². The van der Waals surface area contributed by atoms with Crippen LogP contribution in [0.1, 0.15) is 48.5 Å². The lowest BCUT2D eigenvalue weighted by Crippen LogP contribution is -2.56. The molecule has 3 aromatic rings. The molecule has 0 bridgehead atoms. The molecule has 7 nitrogen and oxygen atoms in total. The number of amides is 1. The lowest BCUT2D eigenvalue weighted by Gasteiger charge is -2.35. The summed E-state index contributed by atoms with van der Waals surface area (Å²) >= 11 is 16.5. The van der Waals surface area contributed by atoms with Crippen LogP contribution in [-0.2, 0) is 16.0 Å². The molecule has 41 heavy (non-hydrogen) atoms. The number of hydrogen-bond donors (Lipinski definition) is 2. The summed E-state index contributed by atoms with van der Waals surface area (Å²) in [5, 5.41) is 11.9. The predicted octanol–water partition coefficient (Wildman–Crippen LogP) is 6.53. The maximum Gasteiger partial charge on any atom is 0.266 e. The molecule has 2 N–H and O–H groups in total. The molecule has 3 aromatic carbocycles. The van der Waals surface area contributed by atoms with Gasteiger partial charge < -0.3 is 14.6 Å². The highest BCUT2D eigenvalue weighted by molar-refractivity contribution is 9.10. The average Bonchev–Trinajstić information content (AvgIpc) is 3.35. The molecule has 2 aliphatic rings. The summed E-state index contributed by atoms with van der Waals surface area (Å²) in [6.07, 6.45) is 3.20. The fraction of sp³-hybridized carbons (Fsp3) is 0.355. The fourth-order valence-electron chi connectivity index (χ4n) is 5.13. The Labute approximate surface area is 258 Å². The fourth-order valence-corrected chi connectivity index (χ4v) is 5.90.